The first-order valence-electron chi connectivity index (χ1n) is 11.2. The highest BCUT2D eigenvalue weighted by Gasteiger charge is 2.36. The Morgan fingerprint density at radius 3 is 2.43 bits per heavy atom. The van der Waals surface area contributed by atoms with Gasteiger partial charge in [0.05, 0.1) is 5.69 Å². The number of hydrogen-bond donors (Lipinski definition) is 1. The number of imide groups is 2. The number of urea groups is 1. The topological polar surface area (TPSA) is 75.7 Å². The molecule has 1 aliphatic heterocycles. The molecule has 4 aromatic rings. The van der Waals surface area contributed by atoms with Crippen molar-refractivity contribution < 1.29 is 19.1 Å². The lowest BCUT2D eigenvalue weighted by Crippen LogP contribution is -2.54. The molecule has 1 fully saturated rings. The van der Waals surface area contributed by atoms with E-state index in [1.165, 1.54) is 6.08 Å². The lowest BCUT2D eigenvalue weighted by atomic mass is 10.1. The smallest absolute Gasteiger partial charge is 0.335 e. The van der Waals surface area contributed by atoms with Crippen LogP contribution in [0.5, 0.6) is 5.75 Å². The Morgan fingerprint density at radius 1 is 0.857 bits per heavy atom. The lowest BCUT2D eigenvalue weighted by molar-refractivity contribution is -0.122. The summed E-state index contributed by atoms with van der Waals surface area (Å²) < 4.78 is 6.02. The van der Waals surface area contributed by atoms with Crippen molar-refractivity contribution in [3.63, 3.8) is 0 Å². The van der Waals surface area contributed by atoms with Gasteiger partial charge in [-0.2, -0.15) is 0 Å². The van der Waals surface area contributed by atoms with Crippen LogP contribution in [0.2, 0.25) is 0 Å². The van der Waals surface area contributed by atoms with Gasteiger partial charge in [-0.1, -0.05) is 72.3 Å². The van der Waals surface area contributed by atoms with Crippen molar-refractivity contribution in [2.24, 2.45) is 0 Å². The zero-order chi connectivity index (χ0) is 24.4. The Kier molecular flexibility index (Phi) is 5.85. The highest BCUT2D eigenvalue weighted by Crippen LogP contribution is 2.25. The maximum Gasteiger partial charge on any atom is 0.335 e. The molecule has 0 aromatic heterocycles. The summed E-state index contributed by atoms with van der Waals surface area (Å²) in [6.07, 6.45) is 1.47. The summed E-state index contributed by atoms with van der Waals surface area (Å²) >= 11 is 0. The first kappa shape index (κ1) is 22.1. The van der Waals surface area contributed by atoms with Gasteiger partial charge in [-0.05, 0) is 59.2 Å². The predicted molar refractivity (Wildman–Crippen MR) is 135 cm³/mol. The van der Waals surface area contributed by atoms with Crippen LogP contribution in [0, 0.1) is 6.92 Å². The van der Waals surface area contributed by atoms with Gasteiger partial charge in [-0.15, -0.1) is 0 Å². The maximum absolute atomic E-state index is 13.1. The monoisotopic (exact) mass is 462 g/mol. The molecule has 0 spiro atoms. The highest BCUT2D eigenvalue weighted by molar-refractivity contribution is 6.39. The molecule has 0 saturated carbocycles. The van der Waals surface area contributed by atoms with E-state index < -0.39 is 17.8 Å². The first-order chi connectivity index (χ1) is 17.0. The van der Waals surface area contributed by atoms with Gasteiger partial charge >= 0.3 is 6.03 Å². The third-order valence-electron chi connectivity index (χ3n) is 5.84. The Labute approximate surface area is 202 Å². The molecule has 1 N–H and O–H groups in total. The molecule has 0 unspecified atom stereocenters. The van der Waals surface area contributed by atoms with Crippen LogP contribution in [0.1, 0.15) is 16.7 Å². The second kappa shape index (κ2) is 9.27. The number of carbonyl (C=O) groups is 3. The van der Waals surface area contributed by atoms with Crippen molar-refractivity contribution in [2.75, 3.05) is 4.90 Å². The van der Waals surface area contributed by atoms with Gasteiger partial charge < -0.3 is 4.74 Å². The fourth-order valence-corrected chi connectivity index (χ4v) is 4.03. The van der Waals surface area contributed by atoms with Crippen molar-refractivity contribution in [3.8, 4) is 5.75 Å². The molecule has 35 heavy (non-hydrogen) atoms. The van der Waals surface area contributed by atoms with Crippen LogP contribution < -0.4 is 15.0 Å². The summed E-state index contributed by atoms with van der Waals surface area (Å²) in [6.45, 7) is 2.28. The van der Waals surface area contributed by atoms with Gasteiger partial charge in [0.2, 0.25) is 0 Å². The third-order valence-corrected chi connectivity index (χ3v) is 5.84. The highest BCUT2D eigenvalue weighted by atomic mass is 16.5. The molecule has 1 heterocycles. The summed E-state index contributed by atoms with van der Waals surface area (Å²) in [7, 11) is 0. The molecular weight excluding hydrogens is 440 g/mol. The molecule has 1 aliphatic rings. The predicted octanol–water partition coefficient (Wildman–Crippen LogP) is 5.39. The summed E-state index contributed by atoms with van der Waals surface area (Å²) in [6, 6.07) is 27.5. The number of fused-ring (bicyclic) bond motifs is 1. The van der Waals surface area contributed by atoms with Crippen molar-refractivity contribution in [1.82, 2.24) is 5.32 Å². The Balaban J connectivity index is 1.39. The molecule has 1 saturated heterocycles. The number of hydrogen-bond acceptors (Lipinski definition) is 4. The van der Waals surface area contributed by atoms with Crippen molar-refractivity contribution in [2.45, 2.75) is 13.5 Å². The Morgan fingerprint density at radius 2 is 1.60 bits per heavy atom. The molecule has 5 rings (SSSR count). The maximum atomic E-state index is 13.1. The molecule has 4 amide bonds. The Bertz CT molecular complexity index is 1480. The largest absolute Gasteiger partial charge is 0.489 e. The van der Waals surface area contributed by atoms with Crippen molar-refractivity contribution >= 4 is 40.4 Å². The van der Waals surface area contributed by atoms with Crippen LogP contribution in [-0.4, -0.2) is 17.8 Å². The fourth-order valence-electron chi connectivity index (χ4n) is 4.03. The average Bonchev–Trinajstić information content (AvgIpc) is 2.86. The number of benzene rings is 4. The molecule has 0 atom stereocenters. The van der Waals surface area contributed by atoms with Gasteiger partial charge in [0.15, 0.2) is 0 Å². The summed E-state index contributed by atoms with van der Waals surface area (Å²) in [5.74, 6) is -0.808. The number of aryl methyl sites for hydroxylation is 1. The summed E-state index contributed by atoms with van der Waals surface area (Å²) in [5, 5.41) is 4.51. The zero-order valence-corrected chi connectivity index (χ0v) is 19.0. The van der Waals surface area contributed by atoms with Crippen LogP contribution in [-0.2, 0) is 16.2 Å². The van der Waals surface area contributed by atoms with Crippen LogP contribution in [0.4, 0.5) is 10.5 Å². The minimum absolute atomic E-state index is 0.128. The van der Waals surface area contributed by atoms with Gasteiger partial charge in [0, 0.05) is 0 Å². The van der Waals surface area contributed by atoms with E-state index in [1.807, 2.05) is 37.3 Å². The summed E-state index contributed by atoms with van der Waals surface area (Å²) in [4.78, 5) is 38.9. The molecule has 172 valence electrons. The third kappa shape index (κ3) is 4.54. The van der Waals surface area contributed by atoms with E-state index in [0.717, 1.165) is 26.8 Å². The molecule has 6 heteroatoms. The van der Waals surface area contributed by atoms with Gasteiger partial charge in [0.25, 0.3) is 11.8 Å². The van der Waals surface area contributed by atoms with E-state index in [0.29, 0.717) is 23.6 Å². The number of anilines is 1. The summed E-state index contributed by atoms with van der Waals surface area (Å²) in [5.41, 5.74) is 2.92. The molecule has 0 bridgehead atoms. The quantitative estimate of drug-likeness (QED) is 0.319. The fraction of sp³-hybridized carbons (Fsp3) is 0.0690. The van der Waals surface area contributed by atoms with Crippen molar-refractivity contribution in [3.05, 3.63) is 113 Å². The number of amides is 4. The van der Waals surface area contributed by atoms with E-state index in [2.05, 4.69) is 23.5 Å². The minimum atomic E-state index is -0.770. The normalized spacial score (nSPS) is 14.9. The van der Waals surface area contributed by atoms with E-state index in [9.17, 15) is 14.4 Å². The van der Waals surface area contributed by atoms with Crippen LogP contribution in [0.25, 0.3) is 16.8 Å². The molecule has 0 aliphatic carbocycles. The van der Waals surface area contributed by atoms with Gasteiger partial charge in [-0.3, -0.25) is 14.9 Å². The molecule has 0 radical (unpaired) electrons. The average molecular weight is 463 g/mol. The number of nitrogens with zero attached hydrogens (tertiary/aromatic N) is 1. The van der Waals surface area contributed by atoms with E-state index in [-0.39, 0.29) is 5.57 Å². The molecule has 4 aromatic carbocycles. The second-order valence-corrected chi connectivity index (χ2v) is 8.29. The standard InChI is InChI=1S/C29H22N2O4/c1-19-12-14-23(15-13-19)31-28(33)26(27(32)30-29(31)34)17-20-6-4-10-24(16-20)35-18-22-9-5-8-21-7-2-3-11-25(21)22/h2-17H,18H2,1H3,(H,30,32,34)/b26-17-. The van der Waals surface area contributed by atoms with E-state index in [1.54, 1.807) is 42.5 Å². The Hall–Kier alpha value is -4.71. The number of carbonyl (C=O) groups excluding carboxylic acids is 3. The minimum Gasteiger partial charge on any atom is -0.489 e. The number of nitrogens with one attached hydrogen (secondary N) is 1. The van der Waals surface area contributed by atoms with Crippen molar-refractivity contribution in [1.29, 1.82) is 0 Å². The number of rotatable bonds is 5. The van der Waals surface area contributed by atoms with Gasteiger partial charge in [0.1, 0.15) is 17.9 Å². The van der Waals surface area contributed by atoms with Crippen LogP contribution in [0.15, 0.2) is 96.6 Å². The number of ether oxygens (including phenoxy) is 1. The van der Waals surface area contributed by atoms with E-state index in [4.69, 9.17) is 4.74 Å². The first-order valence-corrected chi connectivity index (χ1v) is 11.2. The molecule has 6 nitrogen and oxygen atoms in total. The second-order valence-electron chi connectivity index (χ2n) is 8.29. The van der Waals surface area contributed by atoms with Crippen LogP contribution in [0.3, 0.4) is 0 Å². The SMILES string of the molecule is Cc1ccc(N2C(=O)NC(=O)/C(=C/c3cccc(OCc4cccc5ccccc45)c3)C2=O)cc1. The van der Waals surface area contributed by atoms with Gasteiger partial charge in [-0.25, -0.2) is 9.69 Å². The van der Waals surface area contributed by atoms with E-state index >= 15 is 0 Å². The molecular formula is C29H22N2O4. The number of barbiturate groups is 1. The zero-order valence-electron chi connectivity index (χ0n) is 19.0. The lowest BCUT2D eigenvalue weighted by Gasteiger charge is -2.26. The van der Waals surface area contributed by atoms with Crippen LogP contribution >= 0.6 is 0 Å².